The molecule has 0 aliphatic rings. The molecule has 0 saturated heterocycles. The lowest BCUT2D eigenvalue weighted by Gasteiger charge is -2.17. The molecule has 1 N–H and O–H groups in total. The molecule has 10 heteroatoms. The van der Waals surface area contributed by atoms with Crippen LogP contribution < -0.4 is 10.1 Å². The van der Waals surface area contributed by atoms with Crippen molar-refractivity contribution < 1.29 is 26.7 Å². The minimum atomic E-state index is -4.50. The monoisotopic (exact) mass is 367 g/mol. The lowest BCUT2D eigenvalue weighted by molar-refractivity contribution is -0.154. The van der Waals surface area contributed by atoms with Crippen molar-refractivity contribution in [2.45, 2.75) is 12.2 Å². The third-order valence-corrected chi connectivity index (χ3v) is 3.35. The maximum absolute atomic E-state index is 14.1. The molecule has 1 heterocycles. The van der Waals surface area contributed by atoms with Gasteiger partial charge in [-0.2, -0.15) is 13.2 Å². The summed E-state index contributed by atoms with van der Waals surface area (Å²) in [4.78, 5) is 0. The number of nitrogens with zero attached hydrogens (tertiary/aromatic N) is 2. The Kier molecular flexibility index (Phi) is 5.55. The average molecular weight is 368 g/mol. The highest BCUT2D eigenvalue weighted by Crippen LogP contribution is 2.29. The van der Waals surface area contributed by atoms with Gasteiger partial charge in [0.2, 0.25) is 5.88 Å². The van der Waals surface area contributed by atoms with Crippen molar-refractivity contribution in [1.29, 1.82) is 0 Å². The molecule has 0 fully saturated rings. The van der Waals surface area contributed by atoms with Gasteiger partial charge in [-0.25, -0.2) is 8.78 Å². The second-order valence-corrected chi connectivity index (χ2v) is 5.06. The van der Waals surface area contributed by atoms with Crippen molar-refractivity contribution in [3.63, 3.8) is 0 Å². The van der Waals surface area contributed by atoms with Gasteiger partial charge < -0.3 is 10.1 Å². The zero-order valence-electron chi connectivity index (χ0n) is 12.2. The summed E-state index contributed by atoms with van der Waals surface area (Å²) in [7, 11) is 1.50. The van der Waals surface area contributed by atoms with Crippen LogP contribution in [0.3, 0.4) is 0 Å². The van der Waals surface area contributed by atoms with Gasteiger partial charge in [-0.05, 0) is 19.2 Å². The fourth-order valence-electron chi connectivity index (χ4n) is 1.94. The van der Waals surface area contributed by atoms with Crippen molar-refractivity contribution >= 4 is 11.6 Å². The van der Waals surface area contributed by atoms with E-state index in [1.165, 1.54) is 25.2 Å². The lowest BCUT2D eigenvalue weighted by atomic mass is 10.0. The van der Waals surface area contributed by atoms with Crippen molar-refractivity contribution in [3.8, 4) is 5.88 Å². The number of ether oxygens (including phenoxy) is 1. The Bertz CT molecular complexity index is 709. The summed E-state index contributed by atoms with van der Waals surface area (Å²) in [6, 6.07) is 3.84. The van der Waals surface area contributed by atoms with Gasteiger partial charge in [-0.15, -0.1) is 10.2 Å². The molecule has 0 aliphatic heterocycles. The summed E-state index contributed by atoms with van der Waals surface area (Å²) in [5.41, 5.74) is 0.209. The van der Waals surface area contributed by atoms with E-state index in [1.807, 2.05) is 0 Å². The van der Waals surface area contributed by atoms with Crippen molar-refractivity contribution in [3.05, 3.63) is 52.2 Å². The number of nitrogens with one attached hydrogen (secondary N) is 1. The van der Waals surface area contributed by atoms with Gasteiger partial charge in [0.1, 0.15) is 16.7 Å². The van der Waals surface area contributed by atoms with Crippen LogP contribution in [0.25, 0.3) is 0 Å². The first-order chi connectivity index (χ1) is 11.2. The molecule has 0 saturated carbocycles. The van der Waals surface area contributed by atoms with E-state index >= 15 is 0 Å². The van der Waals surface area contributed by atoms with Gasteiger partial charge in [0.15, 0.2) is 6.61 Å². The number of benzene rings is 1. The van der Waals surface area contributed by atoms with E-state index in [1.54, 1.807) is 0 Å². The third kappa shape index (κ3) is 4.30. The summed E-state index contributed by atoms with van der Waals surface area (Å²) in [5.74, 6) is -2.20. The van der Waals surface area contributed by atoms with Crippen molar-refractivity contribution in [2.24, 2.45) is 0 Å². The van der Waals surface area contributed by atoms with Crippen molar-refractivity contribution in [2.75, 3.05) is 13.7 Å². The van der Waals surface area contributed by atoms with E-state index < -0.39 is 35.5 Å². The Hall–Kier alpha value is -2.00. The fraction of sp³-hybridized carbons (Fsp3) is 0.286. The first-order valence-corrected chi connectivity index (χ1v) is 6.94. The molecule has 0 radical (unpaired) electrons. The number of alkyl halides is 3. The second kappa shape index (κ2) is 7.27. The first kappa shape index (κ1) is 18.3. The van der Waals surface area contributed by atoms with Crippen LogP contribution in [0.5, 0.6) is 5.88 Å². The van der Waals surface area contributed by atoms with Gasteiger partial charge in [-0.3, -0.25) is 0 Å². The predicted molar refractivity (Wildman–Crippen MR) is 75.9 cm³/mol. The Balaban J connectivity index is 2.24. The normalized spacial score (nSPS) is 13.0. The SMILES string of the molecule is CNC(c1ccc(OCC(F)(F)F)nn1)c1ccc(F)c(Cl)c1F. The van der Waals surface area contributed by atoms with E-state index in [-0.39, 0.29) is 17.1 Å². The van der Waals surface area contributed by atoms with Crippen LogP contribution >= 0.6 is 11.6 Å². The van der Waals surface area contributed by atoms with Crippen LogP contribution in [0.15, 0.2) is 24.3 Å². The van der Waals surface area contributed by atoms with E-state index in [2.05, 4.69) is 20.3 Å². The van der Waals surface area contributed by atoms with Gasteiger partial charge >= 0.3 is 6.18 Å². The van der Waals surface area contributed by atoms with Gasteiger partial charge in [0, 0.05) is 11.6 Å². The minimum Gasteiger partial charge on any atom is -0.467 e. The average Bonchev–Trinajstić information content (AvgIpc) is 2.54. The highest BCUT2D eigenvalue weighted by atomic mass is 35.5. The molecular formula is C14H11ClF5N3O. The molecule has 0 aliphatic carbocycles. The summed E-state index contributed by atoms with van der Waals surface area (Å²) in [6.45, 7) is -1.50. The zero-order chi connectivity index (χ0) is 17.9. The van der Waals surface area contributed by atoms with Crippen LogP contribution in [0.4, 0.5) is 22.0 Å². The summed E-state index contributed by atoms with van der Waals surface area (Å²) < 4.78 is 68.0. The Morgan fingerprint density at radius 3 is 2.42 bits per heavy atom. The quantitative estimate of drug-likeness (QED) is 0.647. The second-order valence-electron chi connectivity index (χ2n) is 4.69. The lowest BCUT2D eigenvalue weighted by Crippen LogP contribution is -2.22. The molecule has 0 amide bonds. The number of halogens is 6. The smallest absolute Gasteiger partial charge is 0.422 e. The maximum Gasteiger partial charge on any atom is 0.422 e. The van der Waals surface area contributed by atoms with E-state index in [0.717, 1.165) is 6.07 Å². The molecule has 2 aromatic rings. The van der Waals surface area contributed by atoms with E-state index in [9.17, 15) is 22.0 Å². The Morgan fingerprint density at radius 1 is 1.17 bits per heavy atom. The van der Waals surface area contributed by atoms with Gasteiger partial charge in [-0.1, -0.05) is 17.7 Å². The number of rotatable bonds is 5. The molecule has 1 unspecified atom stereocenters. The molecule has 4 nitrogen and oxygen atoms in total. The molecule has 1 aromatic heterocycles. The highest BCUT2D eigenvalue weighted by molar-refractivity contribution is 6.30. The van der Waals surface area contributed by atoms with E-state index in [0.29, 0.717) is 0 Å². The zero-order valence-corrected chi connectivity index (χ0v) is 12.9. The molecule has 0 bridgehead atoms. The first-order valence-electron chi connectivity index (χ1n) is 6.56. The predicted octanol–water partition coefficient (Wildman–Crippen LogP) is 3.66. The highest BCUT2D eigenvalue weighted by Gasteiger charge is 2.29. The maximum atomic E-state index is 14.1. The molecule has 2 rings (SSSR count). The van der Waals surface area contributed by atoms with Crippen molar-refractivity contribution in [1.82, 2.24) is 15.5 Å². The molecule has 1 aromatic carbocycles. The minimum absolute atomic E-state index is 0.0159. The molecule has 0 spiro atoms. The van der Waals surface area contributed by atoms with Crippen LogP contribution in [-0.4, -0.2) is 30.0 Å². The molecule has 1 atom stereocenters. The van der Waals surface area contributed by atoms with Gasteiger partial charge in [0.25, 0.3) is 0 Å². The van der Waals surface area contributed by atoms with Crippen LogP contribution in [0, 0.1) is 11.6 Å². The third-order valence-electron chi connectivity index (χ3n) is 3.00. The van der Waals surface area contributed by atoms with E-state index in [4.69, 9.17) is 11.6 Å². The van der Waals surface area contributed by atoms with Gasteiger partial charge in [0.05, 0.1) is 11.7 Å². The Morgan fingerprint density at radius 2 is 1.88 bits per heavy atom. The summed E-state index contributed by atoms with van der Waals surface area (Å²) in [6.07, 6.45) is -4.50. The standard InChI is InChI=1S/C14H11ClF5N3O/c1-21-13(7-2-3-8(16)11(15)12(7)17)9-4-5-10(23-22-9)24-6-14(18,19)20/h2-5,13,21H,6H2,1H3. The number of aromatic nitrogens is 2. The van der Waals surface area contributed by atoms with Crippen LogP contribution in [0.1, 0.15) is 17.3 Å². The molecular weight excluding hydrogens is 357 g/mol. The molecule has 130 valence electrons. The summed E-state index contributed by atoms with van der Waals surface area (Å²) >= 11 is 5.54. The largest absolute Gasteiger partial charge is 0.467 e. The molecule has 24 heavy (non-hydrogen) atoms. The topological polar surface area (TPSA) is 47.0 Å². The number of hydrogen-bond donors (Lipinski definition) is 1. The summed E-state index contributed by atoms with van der Waals surface area (Å²) in [5, 5.41) is 9.31. The Labute approximate surface area is 138 Å². The fourth-order valence-corrected chi connectivity index (χ4v) is 2.12. The number of hydrogen-bond acceptors (Lipinski definition) is 4. The van der Waals surface area contributed by atoms with Crippen LogP contribution in [0.2, 0.25) is 5.02 Å². The van der Waals surface area contributed by atoms with Crippen LogP contribution in [-0.2, 0) is 0 Å².